The van der Waals surface area contributed by atoms with Gasteiger partial charge in [-0.1, -0.05) is 90.5 Å². The number of unbranched alkanes of at least 4 members (excludes halogenated alkanes) is 3. The summed E-state index contributed by atoms with van der Waals surface area (Å²) in [5, 5.41) is 51.9. The Hall–Kier alpha value is -8.21. The van der Waals surface area contributed by atoms with Gasteiger partial charge >= 0.3 is 25.0 Å². The predicted molar refractivity (Wildman–Crippen MR) is 450 cm³/mol. The molecule has 8 aromatic rings. The minimum atomic E-state index is -2.39. The fourth-order valence-corrected chi connectivity index (χ4v) is 14.2. The van der Waals surface area contributed by atoms with E-state index in [0.29, 0.717) is 71.6 Å². The molecule has 23 nitrogen and oxygen atoms in total. The second-order valence-electron chi connectivity index (χ2n) is 29.0. The van der Waals surface area contributed by atoms with Crippen molar-refractivity contribution in [1.82, 2.24) is 59.6 Å². The number of alkyl halides is 6. The minimum Gasteiger partial charge on any atom is -0.480 e. The molecule has 634 valence electrons. The summed E-state index contributed by atoms with van der Waals surface area (Å²) in [6, 6.07) is 28.3. The first-order valence-corrected chi connectivity index (χ1v) is 42.2. The van der Waals surface area contributed by atoms with Gasteiger partial charge in [-0.05, 0) is 252 Å². The number of anilines is 2. The number of benzene rings is 2. The van der Waals surface area contributed by atoms with E-state index in [1.807, 2.05) is 51.1 Å². The van der Waals surface area contributed by atoms with Crippen molar-refractivity contribution in [3.05, 3.63) is 200 Å². The Kier molecular flexibility index (Phi) is 44.3. The van der Waals surface area contributed by atoms with Gasteiger partial charge in [0.05, 0.1) is 8.95 Å². The van der Waals surface area contributed by atoms with Gasteiger partial charge in [-0.15, -0.1) is 0 Å². The number of fused-ring (bicyclic) bond motifs is 3. The quantitative estimate of drug-likeness (QED) is 0.00762. The van der Waals surface area contributed by atoms with Gasteiger partial charge in [0.2, 0.25) is 19.3 Å². The molecule has 0 radical (unpaired) electrons. The summed E-state index contributed by atoms with van der Waals surface area (Å²) in [4.78, 5) is 78.6. The summed E-state index contributed by atoms with van der Waals surface area (Å²) in [7, 11) is -1.34. The molecule has 117 heavy (non-hydrogen) atoms. The second-order valence-corrected chi connectivity index (χ2v) is 31.0. The molecule has 33 heteroatoms. The van der Waals surface area contributed by atoms with Crippen LogP contribution in [0.5, 0.6) is 0 Å². The molecule has 11 rings (SSSR count). The molecule has 0 aliphatic heterocycles. The predicted octanol–water partition coefficient (Wildman–Crippen LogP) is 14.7. The molecular weight excluding hydrogens is 1670 g/mol. The Labute approximate surface area is 703 Å². The lowest BCUT2D eigenvalue weighted by Gasteiger charge is -2.25. The highest BCUT2D eigenvalue weighted by Gasteiger charge is 2.25. The zero-order valence-corrected chi connectivity index (χ0v) is 69.9. The summed E-state index contributed by atoms with van der Waals surface area (Å²) in [5.41, 5.74) is 18.7. The highest BCUT2D eigenvalue weighted by Crippen LogP contribution is 2.28. The summed E-state index contributed by atoms with van der Waals surface area (Å²) < 4.78 is 78.0. The molecular formula is C84H109BBr2ClF6N15O8. The third-order valence-corrected chi connectivity index (χ3v) is 21.8. The maximum absolute atomic E-state index is 13.0. The van der Waals surface area contributed by atoms with Gasteiger partial charge in [0.25, 0.3) is 0 Å². The zero-order valence-electron chi connectivity index (χ0n) is 66.0. The first-order chi connectivity index (χ1) is 56.5. The molecule has 0 saturated heterocycles. The fraction of sp³-hybridized carbons (Fsp3) is 0.500. The van der Waals surface area contributed by atoms with Gasteiger partial charge in [0, 0.05) is 117 Å². The molecule has 0 fully saturated rings. The van der Waals surface area contributed by atoms with Crippen molar-refractivity contribution >= 4 is 85.6 Å². The van der Waals surface area contributed by atoms with Gasteiger partial charge in [-0.2, -0.15) is 0 Å². The van der Waals surface area contributed by atoms with Gasteiger partial charge in [-0.3, -0.25) is 19.7 Å². The smallest absolute Gasteiger partial charge is 0.480 e. The SMILES string of the molecule is Clc1ncncc1Br.N[C@@H](CCN(CCCCc1ccc2c(n1)CCCC2)CCC(F)F)C(=O)O.O=C(O)[C@H](CCN(CCCCc1ccc2c(n1)CCCC2)CCC(F)F)Nc1ncncc1-c1ccccc1.O=C(O)[C@H](CCN(CCCCc1ccc2c(n1)CCCC2)CCC(F)F)Nc1ncncc1Br.OB(O)c1ccccc1. The van der Waals surface area contributed by atoms with Gasteiger partial charge in [-0.25, -0.2) is 65.8 Å². The van der Waals surface area contributed by atoms with Crippen molar-refractivity contribution in [2.24, 2.45) is 5.73 Å². The molecule has 2 aromatic carbocycles. The lowest BCUT2D eigenvalue weighted by Crippen LogP contribution is -2.36. The number of hydrogen-bond acceptors (Lipinski definition) is 20. The van der Waals surface area contributed by atoms with Gasteiger partial charge < -0.3 is 56.4 Å². The third-order valence-electron chi connectivity index (χ3n) is 20.1. The van der Waals surface area contributed by atoms with Crippen LogP contribution in [0.3, 0.4) is 0 Å². The second kappa shape index (κ2) is 54.1. The average Bonchev–Trinajstić information content (AvgIpc) is 0.859. The highest BCUT2D eigenvalue weighted by molar-refractivity contribution is 9.11. The molecule has 0 spiro atoms. The summed E-state index contributed by atoms with van der Waals surface area (Å²) in [5.74, 6) is -2.26. The molecule has 6 aromatic heterocycles. The molecule has 3 aliphatic rings. The number of rotatable bonds is 42. The van der Waals surface area contributed by atoms with Crippen LogP contribution in [0.15, 0.2) is 144 Å². The molecule has 6 heterocycles. The molecule has 0 amide bonds. The van der Waals surface area contributed by atoms with Gasteiger partial charge in [0.1, 0.15) is 53.9 Å². The van der Waals surface area contributed by atoms with E-state index in [1.54, 1.807) is 36.7 Å². The van der Waals surface area contributed by atoms with Crippen LogP contribution in [0.2, 0.25) is 5.15 Å². The Bertz CT molecular complexity index is 4200. The van der Waals surface area contributed by atoms with Crippen molar-refractivity contribution in [3.63, 3.8) is 0 Å². The van der Waals surface area contributed by atoms with Crippen LogP contribution in [0, 0.1) is 0 Å². The van der Waals surface area contributed by atoms with E-state index in [9.17, 15) is 50.9 Å². The number of aliphatic carboxylic acids is 3. The van der Waals surface area contributed by atoms with Crippen LogP contribution in [-0.4, -0.2) is 206 Å². The number of aryl methyl sites for hydroxylation is 9. The van der Waals surface area contributed by atoms with Crippen LogP contribution >= 0.6 is 43.5 Å². The van der Waals surface area contributed by atoms with E-state index >= 15 is 0 Å². The van der Waals surface area contributed by atoms with E-state index < -0.39 is 62.4 Å². The normalized spacial score (nSPS) is 13.6. The van der Waals surface area contributed by atoms with Gasteiger partial charge in [0.15, 0.2) is 0 Å². The topological polar surface area (TPSA) is 328 Å². The molecule has 0 bridgehead atoms. The maximum atomic E-state index is 13.0. The standard InChI is InChI=1S/C30H37F2N5O2.C24H32BrF2N5O2.C20H31F2N3O2.C6H7BO2.C4H2BrClN2/c31-28(32)16-19-37(17-7-6-11-24-14-13-23-10-4-5-12-26(23)35-24)18-15-27(30(38)39)36-29-25(20-33-21-34-29)22-8-2-1-3-9-22;25-19-15-28-16-29-23(19)31-21(24(33)34)10-13-32(14-11-22(26)27)12-4-3-6-18-9-8-17-5-1-2-7-20(17)30-18;21-19(22)11-14-25(13-10-17(23)20(26)27)12-4-3-6-16-9-8-15-5-1-2-7-18(15)24-16;8-7(9)6-4-2-1-3-5-6;5-3-1-7-2-8-4(3)6/h1-3,8-9,13-14,20-21,27-28H,4-7,10-12,15-19H2,(H,38,39)(H,33,34,36);8-9,15-16,21-22H,1-7,10-14H2,(H,33,34)(H,28,29,31);8-9,17,19H,1-7,10-14,23H2,(H,26,27);1-5,8-9H;1-2H/t27-;21-;17-;;/m000../s1. The van der Waals surface area contributed by atoms with Crippen LogP contribution in [0.25, 0.3) is 11.1 Å². The minimum absolute atomic E-state index is 0.200. The van der Waals surface area contributed by atoms with Crippen LogP contribution in [0.1, 0.15) is 166 Å². The van der Waals surface area contributed by atoms with E-state index in [1.165, 1.54) is 97.5 Å². The number of nitrogens with zero attached hydrogens (tertiary/aromatic N) is 12. The number of nitrogens with one attached hydrogen (secondary N) is 2. The van der Waals surface area contributed by atoms with Crippen LogP contribution < -0.4 is 21.8 Å². The Balaban J connectivity index is 0.000000221. The van der Waals surface area contributed by atoms with E-state index in [-0.39, 0.29) is 58.2 Å². The van der Waals surface area contributed by atoms with Crippen molar-refractivity contribution in [2.75, 3.05) is 69.5 Å². The number of nitrogens with two attached hydrogens (primary N) is 1. The first-order valence-electron chi connectivity index (χ1n) is 40.2. The van der Waals surface area contributed by atoms with Crippen molar-refractivity contribution in [3.8, 4) is 11.1 Å². The number of pyridine rings is 3. The highest BCUT2D eigenvalue weighted by atomic mass is 79.9. The maximum Gasteiger partial charge on any atom is 0.488 e. The summed E-state index contributed by atoms with van der Waals surface area (Å²) >= 11 is 11.9. The van der Waals surface area contributed by atoms with E-state index in [4.69, 9.17) is 47.4 Å². The third kappa shape index (κ3) is 37.3. The average molecular weight is 1780 g/mol. The van der Waals surface area contributed by atoms with Crippen LogP contribution in [-0.2, 0) is 72.2 Å². The van der Waals surface area contributed by atoms with E-state index in [2.05, 4.69) is 109 Å². The molecule has 0 unspecified atom stereocenters. The Morgan fingerprint density at radius 1 is 0.444 bits per heavy atom. The van der Waals surface area contributed by atoms with Crippen molar-refractivity contribution in [2.45, 2.75) is 211 Å². The Morgan fingerprint density at radius 2 is 0.812 bits per heavy atom. The number of hydrogen-bond donors (Lipinski definition) is 8. The van der Waals surface area contributed by atoms with Crippen LogP contribution in [0.4, 0.5) is 38.0 Å². The number of carboxylic acids is 3. The number of halogens is 9. The first kappa shape index (κ1) is 95.9. The molecule has 3 atom stereocenters. The summed E-state index contributed by atoms with van der Waals surface area (Å²) in [6.07, 6.45) is 23.6. The zero-order chi connectivity index (χ0) is 84.1. The lowest BCUT2D eigenvalue weighted by molar-refractivity contribution is -0.139. The fourth-order valence-electron chi connectivity index (χ4n) is 13.6. The lowest BCUT2D eigenvalue weighted by atomic mass is 9.81. The molecule has 9 N–H and O–H groups in total. The molecule has 0 saturated carbocycles. The Morgan fingerprint density at radius 3 is 1.18 bits per heavy atom. The number of carbonyl (C=O) groups is 3. The number of aromatic nitrogens is 9. The largest absolute Gasteiger partial charge is 0.488 e. The number of carboxylic acid groups (broad SMARTS) is 3. The monoisotopic (exact) mass is 1770 g/mol. The molecule has 3 aliphatic carbocycles. The summed E-state index contributed by atoms with van der Waals surface area (Å²) in [6.45, 7) is 3.88. The van der Waals surface area contributed by atoms with Crippen molar-refractivity contribution < 1.29 is 66.1 Å². The van der Waals surface area contributed by atoms with E-state index in [0.717, 1.165) is 123 Å². The van der Waals surface area contributed by atoms with Crippen molar-refractivity contribution in [1.29, 1.82) is 0 Å².